The fourth-order valence-corrected chi connectivity index (χ4v) is 2.02. The molecule has 3 atom stereocenters. The summed E-state index contributed by atoms with van der Waals surface area (Å²) in [6.07, 6.45) is 0.247. The first-order valence-electron chi connectivity index (χ1n) is 4.54. The highest BCUT2D eigenvalue weighted by Gasteiger charge is 2.58. The quantitative estimate of drug-likeness (QED) is 0.497. The molecule has 2 saturated heterocycles. The van der Waals surface area contributed by atoms with Crippen molar-refractivity contribution >= 4 is 7.85 Å². The molecule has 0 aliphatic carbocycles. The molecular formula is C8H13BO5. The first-order chi connectivity index (χ1) is 6.62. The zero-order valence-corrected chi connectivity index (χ0v) is 7.81. The molecule has 2 aliphatic heterocycles. The Morgan fingerprint density at radius 2 is 2.07 bits per heavy atom. The van der Waals surface area contributed by atoms with Crippen LogP contribution >= 0.6 is 0 Å². The van der Waals surface area contributed by atoms with Crippen molar-refractivity contribution in [3.8, 4) is 0 Å². The summed E-state index contributed by atoms with van der Waals surface area (Å²) >= 11 is 0. The van der Waals surface area contributed by atoms with Gasteiger partial charge < -0.3 is 24.4 Å². The normalized spacial score (nSPS) is 48.6. The Bertz CT molecular complexity index is 226. The summed E-state index contributed by atoms with van der Waals surface area (Å²) in [7, 11) is 5.59. The molecule has 0 spiro atoms. The molecule has 14 heavy (non-hydrogen) atoms. The van der Waals surface area contributed by atoms with E-state index in [1.54, 1.807) is 0 Å². The van der Waals surface area contributed by atoms with E-state index >= 15 is 0 Å². The molecule has 0 saturated carbocycles. The number of ether oxygens (including phenoxy) is 3. The van der Waals surface area contributed by atoms with Crippen LogP contribution in [-0.4, -0.2) is 61.9 Å². The second kappa shape index (κ2) is 3.46. The number of aliphatic hydroxyl groups is 2. The van der Waals surface area contributed by atoms with Gasteiger partial charge in [-0.2, -0.15) is 0 Å². The van der Waals surface area contributed by atoms with Gasteiger partial charge in [0.15, 0.2) is 0 Å². The zero-order valence-electron chi connectivity index (χ0n) is 7.81. The van der Waals surface area contributed by atoms with Crippen LogP contribution in [0.3, 0.4) is 0 Å². The minimum atomic E-state index is -1.25. The molecule has 0 aromatic carbocycles. The first kappa shape index (κ1) is 10.4. The second-order valence-corrected chi connectivity index (χ2v) is 3.86. The zero-order chi connectivity index (χ0) is 10.2. The van der Waals surface area contributed by atoms with E-state index in [4.69, 9.17) is 22.1 Å². The van der Waals surface area contributed by atoms with E-state index < -0.39 is 17.2 Å². The largest absolute Gasteiger partial charge is 0.393 e. The van der Waals surface area contributed by atoms with Crippen molar-refractivity contribution in [3.05, 3.63) is 0 Å². The molecule has 6 heteroatoms. The maximum atomic E-state index is 10.2. The summed E-state index contributed by atoms with van der Waals surface area (Å²) in [6.45, 7) is -0.0713. The number of hydrogen-bond acceptors (Lipinski definition) is 5. The van der Waals surface area contributed by atoms with Gasteiger partial charge in [-0.05, 0) is 6.42 Å². The van der Waals surface area contributed by atoms with E-state index in [1.165, 1.54) is 0 Å². The van der Waals surface area contributed by atoms with Gasteiger partial charge in [0.05, 0.1) is 19.8 Å². The molecule has 78 valence electrons. The van der Waals surface area contributed by atoms with E-state index in [2.05, 4.69) is 0 Å². The highest BCUT2D eigenvalue weighted by molar-refractivity contribution is 6.11. The SMILES string of the molecule is [B][C@H]1C[C@@]2(O)COCOCC2(CO)O1. The van der Waals surface area contributed by atoms with Crippen LogP contribution in [0.25, 0.3) is 0 Å². The van der Waals surface area contributed by atoms with Gasteiger partial charge in [-0.25, -0.2) is 0 Å². The van der Waals surface area contributed by atoms with E-state index in [0.29, 0.717) is 0 Å². The van der Waals surface area contributed by atoms with Crippen molar-refractivity contribution < 1.29 is 24.4 Å². The minimum Gasteiger partial charge on any atom is -0.393 e. The highest BCUT2D eigenvalue weighted by Crippen LogP contribution is 2.40. The second-order valence-electron chi connectivity index (χ2n) is 3.86. The summed E-state index contributed by atoms with van der Waals surface area (Å²) in [6, 6.07) is -0.586. The molecule has 2 aliphatic rings. The Balaban J connectivity index is 2.27. The summed E-state index contributed by atoms with van der Waals surface area (Å²) in [5.41, 5.74) is -2.39. The third-order valence-electron chi connectivity index (χ3n) is 2.86. The van der Waals surface area contributed by atoms with Crippen LogP contribution in [0.4, 0.5) is 0 Å². The molecule has 5 nitrogen and oxygen atoms in total. The molecule has 2 N–H and O–H groups in total. The van der Waals surface area contributed by atoms with Gasteiger partial charge in [0.25, 0.3) is 0 Å². The molecule has 2 rings (SSSR count). The lowest BCUT2D eigenvalue weighted by Crippen LogP contribution is -2.57. The Morgan fingerprint density at radius 3 is 2.79 bits per heavy atom. The van der Waals surface area contributed by atoms with Gasteiger partial charge in [0.1, 0.15) is 25.8 Å². The van der Waals surface area contributed by atoms with Gasteiger partial charge in [0.2, 0.25) is 0 Å². The Labute approximate surface area is 83.4 Å². The molecule has 1 unspecified atom stereocenters. The minimum absolute atomic E-state index is 0.0707. The van der Waals surface area contributed by atoms with Crippen LogP contribution in [0.5, 0.6) is 0 Å². The topological polar surface area (TPSA) is 68.2 Å². The average Bonchev–Trinajstić information content (AvgIpc) is 2.27. The lowest BCUT2D eigenvalue weighted by Gasteiger charge is -2.36. The monoisotopic (exact) mass is 200 g/mol. The van der Waals surface area contributed by atoms with Crippen molar-refractivity contribution in [3.63, 3.8) is 0 Å². The molecular weight excluding hydrogens is 187 g/mol. The van der Waals surface area contributed by atoms with Gasteiger partial charge in [0, 0.05) is 6.00 Å². The maximum Gasteiger partial charge on any atom is 0.147 e. The first-order valence-corrected chi connectivity index (χ1v) is 4.54. The lowest BCUT2D eigenvalue weighted by molar-refractivity contribution is -0.165. The van der Waals surface area contributed by atoms with Crippen LogP contribution in [-0.2, 0) is 14.2 Å². The van der Waals surface area contributed by atoms with Gasteiger partial charge in [-0.1, -0.05) is 0 Å². The summed E-state index contributed by atoms with van der Waals surface area (Å²) in [4.78, 5) is 0. The molecule has 2 fully saturated rings. The Hall–Kier alpha value is -0.135. The summed E-state index contributed by atoms with van der Waals surface area (Å²) in [5, 5.41) is 19.5. The number of fused-ring (bicyclic) bond motifs is 1. The van der Waals surface area contributed by atoms with E-state index in [9.17, 15) is 10.2 Å². The number of hydrogen-bond donors (Lipinski definition) is 2. The molecule has 2 radical (unpaired) electrons. The van der Waals surface area contributed by atoms with Gasteiger partial charge in [-0.15, -0.1) is 0 Å². The van der Waals surface area contributed by atoms with Crippen molar-refractivity contribution in [1.82, 2.24) is 0 Å². The van der Waals surface area contributed by atoms with E-state index in [1.807, 2.05) is 0 Å². The van der Waals surface area contributed by atoms with Crippen molar-refractivity contribution in [2.24, 2.45) is 0 Å². The molecule has 0 aromatic rings. The van der Waals surface area contributed by atoms with Crippen LogP contribution in [0, 0.1) is 0 Å². The maximum absolute atomic E-state index is 10.2. The molecule has 2 heterocycles. The Morgan fingerprint density at radius 1 is 1.36 bits per heavy atom. The fraction of sp³-hybridized carbons (Fsp3) is 1.00. The lowest BCUT2D eigenvalue weighted by atomic mass is 9.81. The van der Waals surface area contributed by atoms with E-state index in [-0.39, 0.29) is 33.0 Å². The summed E-state index contributed by atoms with van der Waals surface area (Å²) in [5.74, 6) is 0. The van der Waals surface area contributed by atoms with Gasteiger partial charge >= 0.3 is 0 Å². The molecule has 0 amide bonds. The Kier molecular flexibility index (Phi) is 2.57. The highest BCUT2D eigenvalue weighted by atomic mass is 16.7. The molecule has 0 bridgehead atoms. The standard InChI is InChI=1S/C8H13BO5/c9-6-1-7(11)3-12-5-13-4-8(7,2-10)14-6/h6,10-11H,1-5H2/t6-,7-,8?/m1/s1. The third-order valence-corrected chi connectivity index (χ3v) is 2.86. The van der Waals surface area contributed by atoms with E-state index in [0.717, 1.165) is 0 Å². The molecule has 0 aromatic heterocycles. The van der Waals surface area contributed by atoms with Crippen LogP contribution in [0.1, 0.15) is 6.42 Å². The predicted molar refractivity (Wildman–Crippen MR) is 46.8 cm³/mol. The smallest absolute Gasteiger partial charge is 0.147 e. The predicted octanol–water partition coefficient (Wildman–Crippen LogP) is -1.63. The third kappa shape index (κ3) is 1.38. The van der Waals surface area contributed by atoms with Crippen LogP contribution < -0.4 is 0 Å². The van der Waals surface area contributed by atoms with Crippen molar-refractivity contribution in [1.29, 1.82) is 0 Å². The number of aliphatic hydroxyl groups excluding tert-OH is 1. The fourth-order valence-electron chi connectivity index (χ4n) is 2.02. The van der Waals surface area contributed by atoms with Gasteiger partial charge in [-0.3, -0.25) is 0 Å². The number of rotatable bonds is 1. The average molecular weight is 200 g/mol. The van der Waals surface area contributed by atoms with Crippen molar-refractivity contribution in [2.45, 2.75) is 23.6 Å². The van der Waals surface area contributed by atoms with Crippen LogP contribution in [0.15, 0.2) is 0 Å². The van der Waals surface area contributed by atoms with Crippen molar-refractivity contribution in [2.75, 3.05) is 26.6 Å². The van der Waals surface area contributed by atoms with Crippen LogP contribution in [0.2, 0.25) is 0 Å². The summed E-state index contributed by atoms with van der Waals surface area (Å²) < 4.78 is 15.5.